The first-order valence-electron chi connectivity index (χ1n) is 9.25. The molecule has 0 aromatic heterocycles. The molecule has 0 aromatic carbocycles. The number of hydrogen-bond donors (Lipinski definition) is 2. The van der Waals surface area contributed by atoms with Crippen molar-refractivity contribution in [2.24, 2.45) is 0 Å². The number of aliphatic hydroxyl groups is 2. The van der Waals surface area contributed by atoms with Gasteiger partial charge in [-0.15, -0.1) is 0 Å². The van der Waals surface area contributed by atoms with Gasteiger partial charge in [0, 0.05) is 6.42 Å². The largest absolute Gasteiger partial charge is 0.463 e. The summed E-state index contributed by atoms with van der Waals surface area (Å²) in [5.74, 6) is -0.322. The molecule has 0 aliphatic heterocycles. The molecule has 0 bridgehead atoms. The zero-order valence-electron chi connectivity index (χ0n) is 15.5. The van der Waals surface area contributed by atoms with E-state index < -0.39 is 6.10 Å². The van der Waals surface area contributed by atoms with Crippen molar-refractivity contribution in [2.45, 2.75) is 64.4 Å². The minimum Gasteiger partial charge on any atom is -0.463 e. The molecule has 0 aliphatic rings. The van der Waals surface area contributed by atoms with Crippen molar-refractivity contribution in [3.63, 3.8) is 0 Å². The molecule has 0 saturated heterocycles. The zero-order valence-corrected chi connectivity index (χ0v) is 15.5. The third-order valence-corrected chi connectivity index (χ3v) is 3.37. The van der Waals surface area contributed by atoms with Crippen LogP contribution in [0.4, 0.5) is 0 Å². The van der Waals surface area contributed by atoms with E-state index in [1.165, 1.54) is 0 Å². The van der Waals surface area contributed by atoms with Crippen molar-refractivity contribution in [2.75, 3.05) is 13.2 Å². The number of esters is 1. The Bertz CT molecular complexity index is 422. The second-order valence-electron chi connectivity index (χ2n) is 5.77. The Balaban J connectivity index is 3.47. The molecule has 0 heterocycles. The fourth-order valence-corrected chi connectivity index (χ4v) is 1.94. The predicted octanol–water partition coefficient (Wildman–Crippen LogP) is 4.25. The standard InChI is InChI=1S/C21H34O4/c1-2-3-4-5-6-7-8-9-10-11-12-13-14-15-16-17-21(24)25-19-20(23)18-22/h3-4,6-7,9-10,12-13,20,22-23H,2,5,8,11,14-19H2,1H3/b4-3+,7-6+,10-9-,13-12+/t20-/m0/s1. The van der Waals surface area contributed by atoms with Crippen LogP contribution in [0.25, 0.3) is 0 Å². The fraction of sp³-hybridized carbons (Fsp3) is 0.571. The SMILES string of the molecule is CC/C=C/C/C=C/C/C=C\C/C=C/CCCCC(=O)OC[C@@H](O)CO. The van der Waals surface area contributed by atoms with Crippen LogP contribution in [0, 0.1) is 0 Å². The molecule has 1 atom stereocenters. The molecule has 0 amide bonds. The lowest BCUT2D eigenvalue weighted by Crippen LogP contribution is -2.21. The molecule has 0 spiro atoms. The molecule has 4 nitrogen and oxygen atoms in total. The van der Waals surface area contributed by atoms with E-state index >= 15 is 0 Å². The van der Waals surface area contributed by atoms with Gasteiger partial charge in [-0.05, 0) is 44.9 Å². The van der Waals surface area contributed by atoms with Crippen molar-refractivity contribution < 1.29 is 19.7 Å². The molecule has 0 saturated carbocycles. The minimum atomic E-state index is -0.978. The summed E-state index contributed by atoms with van der Waals surface area (Å²) in [4.78, 5) is 11.3. The van der Waals surface area contributed by atoms with E-state index in [2.05, 4.69) is 55.5 Å². The highest BCUT2D eigenvalue weighted by atomic mass is 16.5. The molecule has 0 fully saturated rings. The van der Waals surface area contributed by atoms with Gasteiger partial charge in [-0.3, -0.25) is 4.79 Å². The second-order valence-corrected chi connectivity index (χ2v) is 5.77. The van der Waals surface area contributed by atoms with E-state index in [1.807, 2.05) is 0 Å². The highest BCUT2D eigenvalue weighted by Crippen LogP contribution is 2.03. The summed E-state index contributed by atoms with van der Waals surface area (Å²) in [5, 5.41) is 17.7. The van der Waals surface area contributed by atoms with Crippen molar-refractivity contribution in [3.8, 4) is 0 Å². The molecule has 0 aromatic rings. The van der Waals surface area contributed by atoms with Gasteiger partial charge in [0.05, 0.1) is 6.61 Å². The van der Waals surface area contributed by atoms with E-state index in [-0.39, 0.29) is 19.2 Å². The third-order valence-electron chi connectivity index (χ3n) is 3.37. The van der Waals surface area contributed by atoms with Crippen molar-refractivity contribution in [1.82, 2.24) is 0 Å². The molecule has 0 radical (unpaired) electrons. The van der Waals surface area contributed by atoms with Crippen LogP contribution in [0.3, 0.4) is 0 Å². The van der Waals surface area contributed by atoms with Crippen molar-refractivity contribution in [1.29, 1.82) is 0 Å². The first kappa shape index (κ1) is 23.4. The van der Waals surface area contributed by atoms with E-state index in [9.17, 15) is 4.79 Å². The topological polar surface area (TPSA) is 66.8 Å². The summed E-state index contributed by atoms with van der Waals surface area (Å²) in [7, 11) is 0. The first-order valence-corrected chi connectivity index (χ1v) is 9.25. The smallest absolute Gasteiger partial charge is 0.305 e. The maximum absolute atomic E-state index is 11.3. The number of hydrogen-bond acceptors (Lipinski definition) is 4. The molecule has 4 heteroatoms. The summed E-state index contributed by atoms with van der Waals surface area (Å²) in [5.41, 5.74) is 0. The maximum Gasteiger partial charge on any atom is 0.305 e. The lowest BCUT2D eigenvalue weighted by Gasteiger charge is -2.07. The Morgan fingerprint density at radius 1 is 0.920 bits per heavy atom. The first-order chi connectivity index (χ1) is 12.2. The molecule has 25 heavy (non-hydrogen) atoms. The fourth-order valence-electron chi connectivity index (χ4n) is 1.94. The molecule has 0 unspecified atom stereocenters. The minimum absolute atomic E-state index is 0.133. The number of allylic oxidation sites excluding steroid dienone is 8. The lowest BCUT2D eigenvalue weighted by molar-refractivity contribution is -0.147. The highest BCUT2D eigenvalue weighted by molar-refractivity contribution is 5.69. The molecule has 0 aliphatic carbocycles. The predicted molar refractivity (Wildman–Crippen MR) is 103 cm³/mol. The van der Waals surface area contributed by atoms with Gasteiger partial charge in [-0.1, -0.05) is 55.5 Å². The van der Waals surface area contributed by atoms with E-state index in [4.69, 9.17) is 14.9 Å². The van der Waals surface area contributed by atoms with E-state index in [0.717, 1.165) is 44.9 Å². The molecular formula is C21H34O4. The maximum atomic E-state index is 11.3. The summed E-state index contributed by atoms with van der Waals surface area (Å²) in [6.07, 6.45) is 23.4. The van der Waals surface area contributed by atoms with Gasteiger partial charge in [-0.25, -0.2) is 0 Å². The average molecular weight is 350 g/mol. The number of carbonyl (C=O) groups excluding carboxylic acids is 1. The zero-order chi connectivity index (χ0) is 18.6. The number of rotatable bonds is 15. The van der Waals surface area contributed by atoms with Crippen LogP contribution in [0.15, 0.2) is 48.6 Å². The Morgan fingerprint density at radius 2 is 1.48 bits per heavy atom. The van der Waals surface area contributed by atoms with Crippen LogP contribution in [0.1, 0.15) is 58.3 Å². The quantitative estimate of drug-likeness (QED) is 0.263. The van der Waals surface area contributed by atoms with Crippen LogP contribution >= 0.6 is 0 Å². The number of unbranched alkanes of at least 4 members (excludes halogenated alkanes) is 2. The lowest BCUT2D eigenvalue weighted by atomic mass is 10.2. The van der Waals surface area contributed by atoms with Gasteiger partial charge in [0.1, 0.15) is 12.7 Å². The van der Waals surface area contributed by atoms with Crippen LogP contribution in [-0.2, 0) is 9.53 Å². The summed E-state index contributed by atoms with van der Waals surface area (Å²) in [6.45, 7) is 1.61. The van der Waals surface area contributed by atoms with Crippen LogP contribution in [0.2, 0.25) is 0 Å². The normalized spacial score (nSPS) is 13.6. The number of carbonyl (C=O) groups is 1. The van der Waals surface area contributed by atoms with Gasteiger partial charge in [0.15, 0.2) is 0 Å². The third kappa shape index (κ3) is 18.5. The second kappa shape index (κ2) is 18.7. The van der Waals surface area contributed by atoms with Gasteiger partial charge < -0.3 is 14.9 Å². The van der Waals surface area contributed by atoms with Crippen molar-refractivity contribution >= 4 is 5.97 Å². The van der Waals surface area contributed by atoms with Gasteiger partial charge in [0.25, 0.3) is 0 Å². The highest BCUT2D eigenvalue weighted by Gasteiger charge is 2.06. The van der Waals surface area contributed by atoms with Crippen molar-refractivity contribution in [3.05, 3.63) is 48.6 Å². The number of aliphatic hydroxyl groups excluding tert-OH is 2. The monoisotopic (exact) mass is 350 g/mol. The molecule has 2 N–H and O–H groups in total. The Morgan fingerprint density at radius 3 is 2.04 bits per heavy atom. The van der Waals surface area contributed by atoms with Crippen LogP contribution in [0.5, 0.6) is 0 Å². The van der Waals surface area contributed by atoms with Gasteiger partial charge in [-0.2, -0.15) is 0 Å². The Hall–Kier alpha value is -1.65. The molecular weight excluding hydrogens is 316 g/mol. The summed E-state index contributed by atoms with van der Waals surface area (Å²) < 4.78 is 4.83. The van der Waals surface area contributed by atoms with Crippen LogP contribution in [-0.4, -0.2) is 35.5 Å². The Labute approximate surface area is 152 Å². The molecule has 0 rings (SSSR count). The summed E-state index contributed by atoms with van der Waals surface area (Å²) >= 11 is 0. The molecule has 142 valence electrons. The summed E-state index contributed by atoms with van der Waals surface area (Å²) in [6, 6.07) is 0. The van der Waals surface area contributed by atoms with E-state index in [1.54, 1.807) is 0 Å². The van der Waals surface area contributed by atoms with E-state index in [0.29, 0.717) is 6.42 Å². The van der Waals surface area contributed by atoms with Crippen LogP contribution < -0.4 is 0 Å². The number of ether oxygens (including phenoxy) is 1. The van der Waals surface area contributed by atoms with Gasteiger partial charge >= 0.3 is 5.97 Å². The van der Waals surface area contributed by atoms with Gasteiger partial charge in [0.2, 0.25) is 0 Å². The average Bonchev–Trinajstić information content (AvgIpc) is 2.62. The Kier molecular flexibility index (Phi) is 17.5.